The van der Waals surface area contributed by atoms with Crippen LogP contribution in [-0.2, 0) is 11.2 Å². The number of hydrogen-bond acceptors (Lipinski definition) is 5. The van der Waals surface area contributed by atoms with E-state index in [1.807, 2.05) is 6.07 Å². The molecule has 0 saturated heterocycles. The van der Waals surface area contributed by atoms with E-state index in [1.165, 1.54) is 0 Å². The minimum Gasteiger partial charge on any atom is -0.497 e. The molecule has 0 bridgehead atoms. The SMILES string of the molecule is COc1ccc(Nc2[nH]nc(NC(=O)Cc3c(Cl)cccc3Cl)c2C#N)cc1. The van der Waals surface area contributed by atoms with Gasteiger partial charge in [-0.1, -0.05) is 29.3 Å². The van der Waals surface area contributed by atoms with E-state index >= 15 is 0 Å². The zero-order valence-corrected chi connectivity index (χ0v) is 16.2. The van der Waals surface area contributed by atoms with E-state index in [-0.39, 0.29) is 17.8 Å². The topological polar surface area (TPSA) is 103 Å². The summed E-state index contributed by atoms with van der Waals surface area (Å²) in [5, 5.41) is 22.6. The Labute approximate surface area is 171 Å². The molecule has 0 unspecified atom stereocenters. The van der Waals surface area contributed by atoms with Gasteiger partial charge < -0.3 is 15.4 Å². The van der Waals surface area contributed by atoms with E-state index in [4.69, 9.17) is 27.9 Å². The number of halogens is 2. The summed E-state index contributed by atoms with van der Waals surface area (Å²) in [7, 11) is 1.58. The van der Waals surface area contributed by atoms with E-state index in [1.54, 1.807) is 49.6 Å². The van der Waals surface area contributed by atoms with Crippen LogP contribution in [0.5, 0.6) is 5.75 Å². The number of carbonyl (C=O) groups is 1. The zero-order valence-electron chi connectivity index (χ0n) is 14.7. The lowest BCUT2D eigenvalue weighted by molar-refractivity contribution is -0.115. The second kappa shape index (κ2) is 8.65. The third-order valence-corrected chi connectivity index (χ3v) is 4.60. The number of methoxy groups -OCH3 is 1. The van der Waals surface area contributed by atoms with Gasteiger partial charge in [0.2, 0.25) is 5.91 Å². The minimum absolute atomic E-state index is 0.0442. The molecule has 2 aromatic carbocycles. The number of aromatic nitrogens is 2. The summed E-state index contributed by atoms with van der Waals surface area (Å²) in [6.07, 6.45) is -0.0442. The van der Waals surface area contributed by atoms with E-state index in [2.05, 4.69) is 20.8 Å². The first-order valence-corrected chi connectivity index (χ1v) is 8.89. The van der Waals surface area contributed by atoms with Crippen molar-refractivity contribution in [1.82, 2.24) is 10.2 Å². The molecular weight excluding hydrogens is 401 g/mol. The quantitative estimate of drug-likeness (QED) is 0.548. The van der Waals surface area contributed by atoms with Gasteiger partial charge in [0.25, 0.3) is 0 Å². The molecule has 0 saturated carbocycles. The molecule has 28 heavy (non-hydrogen) atoms. The highest BCUT2D eigenvalue weighted by atomic mass is 35.5. The van der Waals surface area contributed by atoms with E-state index in [0.717, 1.165) is 5.69 Å². The van der Waals surface area contributed by atoms with Crippen molar-refractivity contribution < 1.29 is 9.53 Å². The predicted molar refractivity (Wildman–Crippen MR) is 108 cm³/mol. The van der Waals surface area contributed by atoms with Gasteiger partial charge >= 0.3 is 0 Å². The smallest absolute Gasteiger partial charge is 0.230 e. The number of H-pyrrole nitrogens is 1. The van der Waals surface area contributed by atoms with Gasteiger partial charge in [0, 0.05) is 15.7 Å². The van der Waals surface area contributed by atoms with Gasteiger partial charge in [-0.2, -0.15) is 10.4 Å². The summed E-state index contributed by atoms with van der Waals surface area (Å²) in [6, 6.07) is 14.2. The number of aromatic amines is 1. The zero-order chi connectivity index (χ0) is 20.1. The van der Waals surface area contributed by atoms with Crippen molar-refractivity contribution in [2.75, 3.05) is 17.7 Å². The molecule has 9 heteroatoms. The van der Waals surface area contributed by atoms with Gasteiger partial charge in [-0.3, -0.25) is 9.89 Å². The van der Waals surface area contributed by atoms with Crippen molar-refractivity contribution in [3.63, 3.8) is 0 Å². The van der Waals surface area contributed by atoms with Crippen LogP contribution in [0.2, 0.25) is 10.0 Å². The maximum atomic E-state index is 12.4. The number of hydrogen-bond donors (Lipinski definition) is 3. The van der Waals surface area contributed by atoms with E-state index < -0.39 is 5.91 Å². The molecule has 7 nitrogen and oxygen atoms in total. The van der Waals surface area contributed by atoms with Crippen LogP contribution in [0, 0.1) is 11.3 Å². The van der Waals surface area contributed by atoms with Crippen LogP contribution in [0.3, 0.4) is 0 Å². The summed E-state index contributed by atoms with van der Waals surface area (Å²) >= 11 is 12.2. The van der Waals surface area contributed by atoms with Crippen LogP contribution in [0.1, 0.15) is 11.1 Å². The van der Waals surface area contributed by atoms with Gasteiger partial charge in [0.1, 0.15) is 23.2 Å². The maximum absolute atomic E-state index is 12.4. The van der Waals surface area contributed by atoms with Crippen molar-refractivity contribution in [3.05, 3.63) is 63.6 Å². The number of ether oxygens (including phenoxy) is 1. The molecule has 3 N–H and O–H groups in total. The number of benzene rings is 2. The number of nitrogens with one attached hydrogen (secondary N) is 3. The van der Waals surface area contributed by atoms with Gasteiger partial charge in [0.05, 0.1) is 13.5 Å². The Morgan fingerprint density at radius 1 is 1.21 bits per heavy atom. The fraction of sp³-hybridized carbons (Fsp3) is 0.105. The first-order valence-electron chi connectivity index (χ1n) is 8.14. The molecule has 0 aliphatic heterocycles. The number of rotatable bonds is 6. The summed E-state index contributed by atoms with van der Waals surface area (Å²) < 4.78 is 5.11. The summed E-state index contributed by atoms with van der Waals surface area (Å²) in [5.74, 6) is 0.793. The highest BCUT2D eigenvalue weighted by molar-refractivity contribution is 6.36. The Kier molecular flexibility index (Phi) is 6.04. The highest BCUT2D eigenvalue weighted by Gasteiger charge is 2.17. The first-order chi connectivity index (χ1) is 13.5. The summed E-state index contributed by atoms with van der Waals surface area (Å²) in [5.41, 5.74) is 1.41. The van der Waals surface area contributed by atoms with Gasteiger partial charge in [-0.15, -0.1) is 0 Å². The van der Waals surface area contributed by atoms with Gasteiger partial charge in [-0.25, -0.2) is 0 Å². The standard InChI is InChI=1S/C19H15Cl2N5O2/c1-28-12-7-5-11(6-8-12)23-18-14(10-22)19(26-25-18)24-17(27)9-13-15(20)3-2-4-16(13)21/h2-8H,9H2,1H3,(H3,23,24,25,26,27). The number of carbonyl (C=O) groups excluding carboxylic acids is 1. The first kappa shape index (κ1) is 19.5. The predicted octanol–water partition coefficient (Wildman–Crippen LogP) is 4.52. The van der Waals surface area contributed by atoms with Crippen molar-refractivity contribution in [3.8, 4) is 11.8 Å². The van der Waals surface area contributed by atoms with Gasteiger partial charge in [0.15, 0.2) is 5.82 Å². The summed E-state index contributed by atoms with van der Waals surface area (Å²) in [6.45, 7) is 0. The fourth-order valence-corrected chi connectivity index (χ4v) is 3.02. The van der Waals surface area contributed by atoms with Crippen molar-refractivity contribution in [1.29, 1.82) is 5.26 Å². The Balaban J connectivity index is 1.74. The molecule has 3 rings (SSSR count). The van der Waals surface area contributed by atoms with E-state index in [0.29, 0.717) is 27.2 Å². The third-order valence-electron chi connectivity index (χ3n) is 3.89. The molecule has 0 atom stereocenters. The molecule has 142 valence electrons. The monoisotopic (exact) mass is 415 g/mol. The molecule has 1 amide bonds. The lowest BCUT2D eigenvalue weighted by Gasteiger charge is -2.07. The third kappa shape index (κ3) is 4.36. The van der Waals surface area contributed by atoms with Crippen molar-refractivity contribution >= 4 is 46.4 Å². The van der Waals surface area contributed by atoms with Crippen LogP contribution >= 0.6 is 23.2 Å². The molecule has 0 fully saturated rings. The second-order valence-corrected chi connectivity index (χ2v) is 6.53. The number of anilines is 3. The largest absolute Gasteiger partial charge is 0.497 e. The fourth-order valence-electron chi connectivity index (χ4n) is 2.49. The van der Waals surface area contributed by atoms with Crippen LogP contribution in [0.25, 0.3) is 0 Å². The lowest BCUT2D eigenvalue weighted by atomic mass is 10.1. The average Bonchev–Trinajstić information content (AvgIpc) is 3.06. The maximum Gasteiger partial charge on any atom is 0.230 e. The van der Waals surface area contributed by atoms with Crippen LogP contribution in [-0.4, -0.2) is 23.2 Å². The molecule has 0 spiro atoms. The molecule has 0 aliphatic rings. The Hall–Kier alpha value is -3.21. The van der Waals surface area contributed by atoms with Crippen molar-refractivity contribution in [2.45, 2.75) is 6.42 Å². The average molecular weight is 416 g/mol. The molecule has 0 radical (unpaired) electrons. The molecule has 0 aliphatic carbocycles. The Morgan fingerprint density at radius 3 is 2.50 bits per heavy atom. The number of amides is 1. The van der Waals surface area contributed by atoms with E-state index in [9.17, 15) is 10.1 Å². The van der Waals surface area contributed by atoms with Crippen molar-refractivity contribution in [2.24, 2.45) is 0 Å². The number of nitriles is 1. The highest BCUT2D eigenvalue weighted by Crippen LogP contribution is 2.27. The Bertz CT molecular complexity index is 1020. The minimum atomic E-state index is -0.394. The molecule has 1 aromatic heterocycles. The van der Waals surface area contributed by atoms with Crippen LogP contribution < -0.4 is 15.4 Å². The normalized spacial score (nSPS) is 10.2. The molecule has 1 heterocycles. The number of nitrogens with zero attached hydrogens (tertiary/aromatic N) is 2. The molecule has 3 aromatic rings. The van der Waals surface area contributed by atoms with Gasteiger partial charge in [-0.05, 0) is 42.0 Å². The Morgan fingerprint density at radius 2 is 1.89 bits per heavy atom. The van der Waals surface area contributed by atoms with Crippen LogP contribution in [0.4, 0.5) is 17.3 Å². The lowest BCUT2D eigenvalue weighted by Crippen LogP contribution is -2.16. The van der Waals surface area contributed by atoms with Crippen LogP contribution in [0.15, 0.2) is 42.5 Å². The second-order valence-electron chi connectivity index (χ2n) is 5.71. The molecular formula is C19H15Cl2N5O2. The summed E-state index contributed by atoms with van der Waals surface area (Å²) in [4.78, 5) is 12.4.